The van der Waals surface area contributed by atoms with Gasteiger partial charge in [-0.1, -0.05) is 47.5 Å². The fourth-order valence-electron chi connectivity index (χ4n) is 3.44. The number of aryl methyl sites for hydroxylation is 1. The zero-order valence-electron chi connectivity index (χ0n) is 18.3. The van der Waals surface area contributed by atoms with Crippen molar-refractivity contribution in [2.45, 2.75) is 13.8 Å². The van der Waals surface area contributed by atoms with E-state index >= 15 is 0 Å². The number of nitrogens with zero attached hydrogens (tertiary/aromatic N) is 1. The minimum Gasteiger partial charge on any atom is -0.319 e. The number of carbonyl (C=O) groups excluding carboxylic acids is 3. The molecule has 9 heteroatoms. The summed E-state index contributed by atoms with van der Waals surface area (Å²) in [7, 11) is 0. The number of hydrogen-bond donors (Lipinski definition) is 3. The maximum Gasteiger partial charge on any atom is 0.328 e. The van der Waals surface area contributed by atoms with E-state index in [1.165, 1.54) is 4.68 Å². The van der Waals surface area contributed by atoms with Gasteiger partial charge in [-0.25, -0.2) is 4.68 Å². The summed E-state index contributed by atoms with van der Waals surface area (Å²) in [5.41, 5.74) is 5.86. The molecule has 0 spiro atoms. The average molecular weight is 495 g/mol. The second kappa shape index (κ2) is 9.59. The normalized spacial score (nSPS) is 10.7. The van der Waals surface area contributed by atoms with Crippen molar-refractivity contribution in [1.82, 2.24) is 4.68 Å². The van der Waals surface area contributed by atoms with Crippen LogP contribution in [0.2, 0.25) is 10.0 Å². The maximum absolute atomic E-state index is 13.1. The molecule has 3 amide bonds. The highest BCUT2D eigenvalue weighted by Crippen LogP contribution is 2.25. The van der Waals surface area contributed by atoms with Crippen LogP contribution in [0.25, 0.3) is 10.9 Å². The van der Waals surface area contributed by atoms with E-state index in [9.17, 15) is 14.4 Å². The van der Waals surface area contributed by atoms with Crippen molar-refractivity contribution >= 4 is 63.2 Å². The van der Waals surface area contributed by atoms with E-state index in [1.54, 1.807) is 60.7 Å². The van der Waals surface area contributed by atoms with Gasteiger partial charge in [0.2, 0.25) is 0 Å². The van der Waals surface area contributed by atoms with Gasteiger partial charge in [0.25, 0.3) is 5.91 Å². The molecule has 3 N–H and O–H groups in total. The number of halogens is 2. The predicted octanol–water partition coefficient (Wildman–Crippen LogP) is 5.53. The van der Waals surface area contributed by atoms with Crippen LogP contribution in [-0.2, 0) is 9.59 Å². The Labute approximate surface area is 205 Å². The number of hydrogen-bond acceptors (Lipinski definition) is 3. The summed E-state index contributed by atoms with van der Waals surface area (Å²) in [4.78, 5) is 38.5. The Bertz CT molecular complexity index is 1450. The summed E-state index contributed by atoms with van der Waals surface area (Å²) in [6.07, 6.45) is 0. The highest BCUT2D eigenvalue weighted by Gasteiger charge is 2.22. The molecule has 1 heterocycles. The first-order chi connectivity index (χ1) is 16.2. The molecule has 172 valence electrons. The van der Waals surface area contributed by atoms with Gasteiger partial charge in [-0.05, 0) is 67.4 Å². The molecule has 4 rings (SSSR count). The Kier molecular flexibility index (Phi) is 6.58. The summed E-state index contributed by atoms with van der Waals surface area (Å²) in [5, 5.41) is 6.76. The largest absolute Gasteiger partial charge is 0.328 e. The standard InChI is InChI=1S/C25H20Cl2N4O3/c1-14-6-5-9-19(15(14)2)28-24(33)25(34)30-31-21-11-10-17(26)12-16(21)13-22(31)23(32)29-20-8-4-3-7-18(20)27/h3-13H,1-2H3,(H,28,33)(H,29,32)(H,30,34). The van der Waals surface area contributed by atoms with E-state index < -0.39 is 17.7 Å². The lowest BCUT2D eigenvalue weighted by atomic mass is 10.1. The van der Waals surface area contributed by atoms with Gasteiger partial charge in [-0.15, -0.1) is 0 Å². The van der Waals surface area contributed by atoms with Crippen molar-refractivity contribution in [1.29, 1.82) is 0 Å². The Morgan fingerprint density at radius 3 is 2.29 bits per heavy atom. The highest BCUT2D eigenvalue weighted by molar-refractivity contribution is 6.42. The number of fused-ring (bicyclic) bond motifs is 1. The molecular weight excluding hydrogens is 475 g/mol. The molecule has 0 saturated heterocycles. The maximum atomic E-state index is 13.1. The minimum atomic E-state index is -0.944. The van der Waals surface area contributed by atoms with Gasteiger partial charge in [-0.3, -0.25) is 19.8 Å². The zero-order valence-corrected chi connectivity index (χ0v) is 19.8. The molecule has 0 unspecified atom stereocenters. The van der Waals surface area contributed by atoms with E-state index in [-0.39, 0.29) is 5.69 Å². The second-order valence-corrected chi connectivity index (χ2v) is 8.49. The number of amides is 3. The molecule has 0 fully saturated rings. The van der Waals surface area contributed by atoms with E-state index in [4.69, 9.17) is 23.2 Å². The third-order valence-corrected chi connectivity index (χ3v) is 5.96. The molecule has 0 aliphatic carbocycles. The van der Waals surface area contributed by atoms with Crippen LogP contribution in [0, 0.1) is 13.8 Å². The smallest absolute Gasteiger partial charge is 0.319 e. The van der Waals surface area contributed by atoms with Crippen molar-refractivity contribution in [3.63, 3.8) is 0 Å². The summed E-state index contributed by atoms with van der Waals surface area (Å²) >= 11 is 12.3. The van der Waals surface area contributed by atoms with E-state index in [1.807, 2.05) is 19.9 Å². The number of rotatable bonds is 4. The van der Waals surface area contributed by atoms with Gasteiger partial charge >= 0.3 is 11.8 Å². The summed E-state index contributed by atoms with van der Waals surface area (Å²) in [6, 6.07) is 18.7. The molecule has 7 nitrogen and oxygen atoms in total. The Morgan fingerprint density at radius 1 is 0.794 bits per heavy atom. The minimum absolute atomic E-state index is 0.0880. The van der Waals surface area contributed by atoms with E-state index in [0.29, 0.717) is 32.3 Å². The van der Waals surface area contributed by atoms with Crippen molar-refractivity contribution in [2.24, 2.45) is 0 Å². The fraction of sp³-hybridized carbons (Fsp3) is 0.0800. The number of carbonyl (C=O) groups is 3. The lowest BCUT2D eigenvalue weighted by molar-refractivity contribution is -0.133. The summed E-state index contributed by atoms with van der Waals surface area (Å²) in [6.45, 7) is 3.76. The molecule has 0 aliphatic rings. The molecule has 0 saturated carbocycles. The summed E-state index contributed by atoms with van der Waals surface area (Å²) < 4.78 is 1.25. The van der Waals surface area contributed by atoms with Crippen molar-refractivity contribution in [3.8, 4) is 0 Å². The number of anilines is 2. The quantitative estimate of drug-likeness (QED) is 0.326. The molecule has 0 atom stereocenters. The van der Waals surface area contributed by atoms with Crippen molar-refractivity contribution in [3.05, 3.63) is 93.6 Å². The molecule has 0 aliphatic heterocycles. The van der Waals surface area contributed by atoms with E-state index in [2.05, 4.69) is 16.1 Å². The van der Waals surface area contributed by atoms with Crippen LogP contribution >= 0.6 is 23.2 Å². The van der Waals surface area contributed by atoms with Crippen LogP contribution in [0.15, 0.2) is 66.7 Å². The SMILES string of the molecule is Cc1cccc(NC(=O)C(=O)Nn2c(C(=O)Nc3ccccc3Cl)cc3cc(Cl)ccc32)c1C. The highest BCUT2D eigenvalue weighted by atomic mass is 35.5. The predicted molar refractivity (Wildman–Crippen MR) is 135 cm³/mol. The van der Waals surface area contributed by atoms with Gasteiger partial charge in [0.05, 0.1) is 16.2 Å². The number of benzene rings is 3. The topological polar surface area (TPSA) is 92.2 Å². The Balaban J connectivity index is 1.65. The summed E-state index contributed by atoms with van der Waals surface area (Å²) in [5.74, 6) is -2.35. The van der Waals surface area contributed by atoms with E-state index in [0.717, 1.165) is 11.1 Å². The first-order valence-corrected chi connectivity index (χ1v) is 11.1. The van der Waals surface area contributed by atoms with Crippen molar-refractivity contribution < 1.29 is 14.4 Å². The van der Waals surface area contributed by atoms with Gasteiger partial charge in [0.15, 0.2) is 0 Å². The number of nitrogens with one attached hydrogen (secondary N) is 3. The lowest BCUT2D eigenvalue weighted by Gasteiger charge is -2.14. The number of para-hydroxylation sites is 1. The van der Waals surface area contributed by atoms with Crippen LogP contribution < -0.4 is 16.1 Å². The average Bonchev–Trinajstić information content (AvgIpc) is 3.15. The van der Waals surface area contributed by atoms with Crippen LogP contribution in [0.4, 0.5) is 11.4 Å². The van der Waals surface area contributed by atoms with Crippen LogP contribution in [0.5, 0.6) is 0 Å². The molecule has 3 aromatic carbocycles. The van der Waals surface area contributed by atoms with Gasteiger partial charge < -0.3 is 10.6 Å². The molecule has 1 aromatic heterocycles. The Morgan fingerprint density at radius 2 is 1.53 bits per heavy atom. The monoisotopic (exact) mass is 494 g/mol. The number of aromatic nitrogens is 1. The van der Waals surface area contributed by atoms with Gasteiger partial charge in [0.1, 0.15) is 5.69 Å². The van der Waals surface area contributed by atoms with Crippen LogP contribution in [0.1, 0.15) is 21.6 Å². The first-order valence-electron chi connectivity index (χ1n) is 10.3. The molecule has 4 aromatic rings. The second-order valence-electron chi connectivity index (χ2n) is 7.64. The molecular formula is C25H20Cl2N4O3. The molecule has 0 bridgehead atoms. The van der Waals surface area contributed by atoms with Crippen LogP contribution in [-0.4, -0.2) is 22.4 Å². The third kappa shape index (κ3) is 4.76. The van der Waals surface area contributed by atoms with Gasteiger partial charge in [-0.2, -0.15) is 0 Å². The molecule has 0 radical (unpaired) electrons. The third-order valence-electron chi connectivity index (χ3n) is 5.39. The van der Waals surface area contributed by atoms with Gasteiger partial charge in [0, 0.05) is 16.1 Å². The lowest BCUT2D eigenvalue weighted by Crippen LogP contribution is -2.36. The van der Waals surface area contributed by atoms with Crippen molar-refractivity contribution in [2.75, 3.05) is 16.1 Å². The van der Waals surface area contributed by atoms with Crippen LogP contribution in [0.3, 0.4) is 0 Å². The molecule has 34 heavy (non-hydrogen) atoms. The Hall–Kier alpha value is -3.81. The fourth-order valence-corrected chi connectivity index (χ4v) is 3.80. The first kappa shape index (κ1) is 23.4. The zero-order chi connectivity index (χ0) is 24.4.